The summed E-state index contributed by atoms with van der Waals surface area (Å²) in [6.07, 6.45) is 0.985. The van der Waals surface area contributed by atoms with Gasteiger partial charge >= 0.3 is 0 Å². The second-order valence-corrected chi connectivity index (χ2v) is 4.36. The molecule has 86 valence electrons. The van der Waals surface area contributed by atoms with Gasteiger partial charge in [0.1, 0.15) is 0 Å². The molecule has 0 bridgehead atoms. The number of aromatic amines is 1. The lowest BCUT2D eigenvalue weighted by atomic mass is 10.2. The van der Waals surface area contributed by atoms with Gasteiger partial charge in [0.25, 0.3) is 0 Å². The van der Waals surface area contributed by atoms with Gasteiger partial charge in [0, 0.05) is 29.2 Å². The highest BCUT2D eigenvalue weighted by molar-refractivity contribution is 5.94. The van der Waals surface area contributed by atoms with E-state index in [9.17, 15) is 0 Å². The van der Waals surface area contributed by atoms with Crippen molar-refractivity contribution in [3.05, 3.63) is 30.0 Å². The second-order valence-electron chi connectivity index (χ2n) is 4.36. The van der Waals surface area contributed by atoms with E-state index in [4.69, 9.17) is 5.73 Å². The molecule has 2 aromatic rings. The van der Waals surface area contributed by atoms with Crippen molar-refractivity contribution in [1.82, 2.24) is 4.98 Å². The first kappa shape index (κ1) is 11.0. The minimum absolute atomic E-state index is 0.248. The molecule has 0 aliphatic carbocycles. The van der Waals surface area contributed by atoms with Crippen molar-refractivity contribution < 1.29 is 0 Å². The van der Waals surface area contributed by atoms with Crippen LogP contribution in [0.2, 0.25) is 0 Å². The Balaban J connectivity index is 2.19. The largest absolute Gasteiger partial charge is 0.383 e. The highest BCUT2D eigenvalue weighted by Gasteiger charge is 2.06. The number of fused-ring (bicyclic) bond motifs is 1. The second kappa shape index (κ2) is 4.58. The summed E-state index contributed by atoms with van der Waals surface area (Å²) < 4.78 is 0. The monoisotopic (exact) mass is 217 g/mol. The predicted molar refractivity (Wildman–Crippen MR) is 69.8 cm³/mol. The lowest BCUT2D eigenvalue weighted by Gasteiger charge is -2.08. The molecule has 1 heterocycles. The zero-order chi connectivity index (χ0) is 11.5. The van der Waals surface area contributed by atoms with E-state index in [0.29, 0.717) is 0 Å². The van der Waals surface area contributed by atoms with Crippen molar-refractivity contribution in [1.29, 1.82) is 0 Å². The van der Waals surface area contributed by atoms with Crippen LogP contribution in [-0.2, 0) is 0 Å². The van der Waals surface area contributed by atoms with E-state index in [1.54, 1.807) is 0 Å². The first-order valence-corrected chi connectivity index (χ1v) is 5.75. The van der Waals surface area contributed by atoms with Crippen LogP contribution in [0.25, 0.3) is 10.9 Å². The minimum atomic E-state index is 0.248. The summed E-state index contributed by atoms with van der Waals surface area (Å²) in [7, 11) is 0. The Morgan fingerprint density at radius 1 is 1.38 bits per heavy atom. The summed E-state index contributed by atoms with van der Waals surface area (Å²) in [6, 6.07) is 8.58. The zero-order valence-corrected chi connectivity index (χ0v) is 9.88. The van der Waals surface area contributed by atoms with Crippen molar-refractivity contribution in [2.24, 2.45) is 5.73 Å². The molecule has 3 nitrogen and oxygen atoms in total. The van der Waals surface area contributed by atoms with Crippen LogP contribution in [0.3, 0.4) is 0 Å². The maximum Gasteiger partial charge on any atom is 0.0628 e. The molecular weight excluding hydrogens is 198 g/mol. The third kappa shape index (κ3) is 2.19. The average molecular weight is 217 g/mol. The van der Waals surface area contributed by atoms with Crippen molar-refractivity contribution in [3.63, 3.8) is 0 Å². The Morgan fingerprint density at radius 2 is 2.12 bits per heavy atom. The fourth-order valence-electron chi connectivity index (χ4n) is 1.93. The molecule has 1 aromatic heterocycles. The van der Waals surface area contributed by atoms with Gasteiger partial charge in [-0.2, -0.15) is 0 Å². The number of H-pyrrole nitrogens is 1. The smallest absolute Gasteiger partial charge is 0.0628 e. The van der Waals surface area contributed by atoms with Crippen LogP contribution < -0.4 is 11.1 Å². The zero-order valence-electron chi connectivity index (χ0n) is 9.88. The van der Waals surface area contributed by atoms with E-state index in [-0.39, 0.29) is 6.04 Å². The molecule has 0 radical (unpaired) electrons. The van der Waals surface area contributed by atoms with Gasteiger partial charge in [-0.15, -0.1) is 0 Å². The highest BCUT2D eigenvalue weighted by atomic mass is 14.9. The first-order valence-electron chi connectivity index (χ1n) is 5.75. The summed E-state index contributed by atoms with van der Waals surface area (Å²) in [5.41, 5.74) is 9.31. The Labute approximate surface area is 96.0 Å². The topological polar surface area (TPSA) is 53.8 Å². The van der Waals surface area contributed by atoms with Crippen molar-refractivity contribution in [2.75, 3.05) is 11.9 Å². The molecule has 0 saturated heterocycles. The number of anilines is 1. The molecular formula is C13H19N3. The van der Waals surface area contributed by atoms with Gasteiger partial charge in [0.2, 0.25) is 0 Å². The van der Waals surface area contributed by atoms with Crippen LogP contribution in [0.15, 0.2) is 24.3 Å². The molecule has 3 heteroatoms. The van der Waals surface area contributed by atoms with E-state index >= 15 is 0 Å². The number of benzene rings is 1. The molecule has 4 N–H and O–H groups in total. The molecule has 0 amide bonds. The molecule has 0 aliphatic heterocycles. The molecule has 2 rings (SSSR count). The van der Waals surface area contributed by atoms with E-state index in [1.165, 1.54) is 22.3 Å². The summed E-state index contributed by atoms with van der Waals surface area (Å²) in [5.74, 6) is 0. The molecule has 1 atom stereocenters. The van der Waals surface area contributed by atoms with Crippen LogP contribution in [0, 0.1) is 6.92 Å². The van der Waals surface area contributed by atoms with Crippen LogP contribution >= 0.6 is 0 Å². The number of para-hydroxylation sites is 1. The maximum absolute atomic E-state index is 5.73. The van der Waals surface area contributed by atoms with Crippen LogP contribution in [0.5, 0.6) is 0 Å². The fourth-order valence-corrected chi connectivity index (χ4v) is 1.93. The number of nitrogens with two attached hydrogens (primary N) is 1. The quantitative estimate of drug-likeness (QED) is 0.737. The normalized spacial score (nSPS) is 12.9. The predicted octanol–water partition coefficient (Wildman–Crippen LogP) is 2.63. The van der Waals surface area contributed by atoms with Gasteiger partial charge in [-0.1, -0.05) is 18.2 Å². The molecule has 0 fully saturated rings. The van der Waals surface area contributed by atoms with E-state index in [0.717, 1.165) is 13.0 Å². The molecule has 0 spiro atoms. The third-order valence-corrected chi connectivity index (χ3v) is 2.80. The Morgan fingerprint density at radius 3 is 2.88 bits per heavy atom. The average Bonchev–Trinajstić information content (AvgIpc) is 2.55. The SMILES string of the molecule is Cc1[nH]c2ccccc2c1NCCC(C)N. The molecule has 0 saturated carbocycles. The van der Waals surface area contributed by atoms with E-state index in [2.05, 4.69) is 35.4 Å². The van der Waals surface area contributed by atoms with Crippen molar-refractivity contribution in [2.45, 2.75) is 26.3 Å². The van der Waals surface area contributed by atoms with E-state index in [1.807, 2.05) is 13.0 Å². The summed E-state index contributed by atoms with van der Waals surface area (Å²) in [5, 5.41) is 4.71. The summed E-state index contributed by atoms with van der Waals surface area (Å²) >= 11 is 0. The number of aromatic nitrogens is 1. The van der Waals surface area contributed by atoms with Gasteiger partial charge < -0.3 is 16.0 Å². The van der Waals surface area contributed by atoms with Gasteiger partial charge in [-0.05, 0) is 26.3 Å². The third-order valence-electron chi connectivity index (χ3n) is 2.80. The molecule has 1 unspecified atom stereocenters. The standard InChI is InChI=1S/C13H19N3/c1-9(14)7-8-15-13-10(2)16-12-6-4-3-5-11(12)13/h3-6,9,15-16H,7-8,14H2,1-2H3. The number of nitrogens with one attached hydrogen (secondary N) is 2. The molecule has 16 heavy (non-hydrogen) atoms. The first-order chi connectivity index (χ1) is 7.68. The Kier molecular flexibility index (Phi) is 3.15. The van der Waals surface area contributed by atoms with Crippen molar-refractivity contribution in [3.8, 4) is 0 Å². The lowest BCUT2D eigenvalue weighted by Crippen LogP contribution is -2.19. The number of aryl methyl sites for hydroxylation is 1. The van der Waals surface area contributed by atoms with Crippen molar-refractivity contribution >= 4 is 16.6 Å². The van der Waals surface area contributed by atoms with Gasteiger partial charge in [0.05, 0.1) is 5.69 Å². The minimum Gasteiger partial charge on any atom is -0.383 e. The maximum atomic E-state index is 5.73. The summed E-state index contributed by atoms with van der Waals surface area (Å²) in [4.78, 5) is 3.37. The van der Waals surface area contributed by atoms with Crippen LogP contribution in [0.1, 0.15) is 19.0 Å². The molecule has 1 aromatic carbocycles. The van der Waals surface area contributed by atoms with Gasteiger partial charge in [0.15, 0.2) is 0 Å². The Bertz CT molecular complexity index is 471. The number of rotatable bonds is 4. The highest BCUT2D eigenvalue weighted by Crippen LogP contribution is 2.26. The lowest BCUT2D eigenvalue weighted by molar-refractivity contribution is 0.690. The fraction of sp³-hybridized carbons (Fsp3) is 0.385. The van der Waals surface area contributed by atoms with Gasteiger partial charge in [-0.25, -0.2) is 0 Å². The van der Waals surface area contributed by atoms with E-state index < -0.39 is 0 Å². The molecule has 0 aliphatic rings. The Hall–Kier alpha value is -1.48. The summed E-state index contributed by atoms with van der Waals surface area (Å²) in [6.45, 7) is 5.04. The van der Waals surface area contributed by atoms with Crippen LogP contribution in [0.4, 0.5) is 5.69 Å². The van der Waals surface area contributed by atoms with Crippen LogP contribution in [-0.4, -0.2) is 17.6 Å². The number of hydrogen-bond donors (Lipinski definition) is 3. The van der Waals surface area contributed by atoms with Gasteiger partial charge in [-0.3, -0.25) is 0 Å². The number of hydrogen-bond acceptors (Lipinski definition) is 2.